The quantitative estimate of drug-likeness (QED) is 0.480. The van der Waals surface area contributed by atoms with Gasteiger partial charge in [0.1, 0.15) is 16.7 Å². The second-order valence-electron chi connectivity index (χ2n) is 7.10. The first-order chi connectivity index (χ1) is 14.5. The molecule has 8 heteroatoms. The van der Waals surface area contributed by atoms with Crippen molar-refractivity contribution in [3.05, 3.63) is 53.1 Å². The van der Waals surface area contributed by atoms with Crippen LogP contribution >= 0.6 is 11.3 Å². The molecule has 0 aliphatic rings. The molecule has 0 aliphatic carbocycles. The lowest BCUT2D eigenvalue weighted by molar-refractivity contribution is -0.118. The Hall–Kier alpha value is -3.13. The first-order valence-corrected chi connectivity index (χ1v) is 10.8. The van der Waals surface area contributed by atoms with Crippen molar-refractivity contribution >= 4 is 45.5 Å². The summed E-state index contributed by atoms with van der Waals surface area (Å²) in [6.45, 7) is 1.57. The molecule has 2 amide bonds. The predicted molar refractivity (Wildman–Crippen MR) is 118 cm³/mol. The van der Waals surface area contributed by atoms with Gasteiger partial charge >= 0.3 is 0 Å². The van der Waals surface area contributed by atoms with E-state index in [1.165, 1.54) is 17.5 Å². The van der Waals surface area contributed by atoms with Gasteiger partial charge in [0.2, 0.25) is 5.91 Å². The molecule has 0 saturated heterocycles. The van der Waals surface area contributed by atoms with Gasteiger partial charge in [-0.3, -0.25) is 19.6 Å². The van der Waals surface area contributed by atoms with Gasteiger partial charge in [0.15, 0.2) is 0 Å². The van der Waals surface area contributed by atoms with Crippen LogP contribution in [-0.4, -0.2) is 33.6 Å². The standard InChI is InChI=1S/C22H24N4O3S/c1-15(27)7-3-2-4-10-19(26-22(29)20-13-23-14-30-20)21(28)25-17-11-16-8-5-6-9-18(16)24-12-17/h5-6,8-9,11-14,19H,2-4,7,10H2,1H3,(H,25,28)(H,26,29). The van der Waals surface area contributed by atoms with E-state index >= 15 is 0 Å². The fraction of sp³-hybridized carbons (Fsp3) is 0.318. The molecule has 1 unspecified atom stereocenters. The zero-order valence-corrected chi connectivity index (χ0v) is 17.6. The molecule has 30 heavy (non-hydrogen) atoms. The summed E-state index contributed by atoms with van der Waals surface area (Å²) < 4.78 is 0. The summed E-state index contributed by atoms with van der Waals surface area (Å²) in [7, 11) is 0. The third-order valence-electron chi connectivity index (χ3n) is 4.66. The number of thiazole rings is 1. The largest absolute Gasteiger partial charge is 0.339 e. The summed E-state index contributed by atoms with van der Waals surface area (Å²) >= 11 is 1.22. The van der Waals surface area contributed by atoms with Crippen LogP contribution in [0.1, 0.15) is 48.7 Å². The van der Waals surface area contributed by atoms with Crippen LogP contribution in [0.25, 0.3) is 10.9 Å². The van der Waals surface area contributed by atoms with Crippen molar-refractivity contribution in [2.24, 2.45) is 0 Å². The number of unbranched alkanes of at least 4 members (excludes halogenated alkanes) is 2. The maximum atomic E-state index is 12.9. The van der Waals surface area contributed by atoms with Gasteiger partial charge in [-0.05, 0) is 31.9 Å². The molecule has 0 spiro atoms. The number of amides is 2. The Kier molecular flexibility index (Phi) is 7.62. The SMILES string of the molecule is CC(=O)CCCCCC(NC(=O)c1cncs1)C(=O)Nc1cnc2ccccc2c1. The Balaban J connectivity index is 1.65. The average molecular weight is 425 g/mol. The van der Waals surface area contributed by atoms with E-state index in [-0.39, 0.29) is 17.6 Å². The number of pyridine rings is 1. The monoisotopic (exact) mass is 424 g/mol. The van der Waals surface area contributed by atoms with Gasteiger partial charge in [-0.15, -0.1) is 11.3 Å². The Morgan fingerprint density at radius 1 is 1.10 bits per heavy atom. The molecule has 1 aromatic carbocycles. The van der Waals surface area contributed by atoms with Crippen molar-refractivity contribution in [3.8, 4) is 0 Å². The van der Waals surface area contributed by atoms with Crippen LogP contribution in [0.4, 0.5) is 5.69 Å². The number of para-hydroxylation sites is 1. The highest BCUT2D eigenvalue weighted by atomic mass is 32.1. The third kappa shape index (κ3) is 6.18. The fourth-order valence-corrected chi connectivity index (χ4v) is 3.62. The highest BCUT2D eigenvalue weighted by molar-refractivity contribution is 7.11. The van der Waals surface area contributed by atoms with Crippen molar-refractivity contribution in [2.75, 3.05) is 5.32 Å². The van der Waals surface area contributed by atoms with Crippen LogP contribution in [0, 0.1) is 0 Å². The Morgan fingerprint density at radius 2 is 1.93 bits per heavy atom. The molecule has 0 fully saturated rings. The van der Waals surface area contributed by atoms with Crippen LogP contribution in [0.2, 0.25) is 0 Å². The molecule has 7 nitrogen and oxygen atoms in total. The zero-order valence-electron chi connectivity index (χ0n) is 16.8. The van der Waals surface area contributed by atoms with Crippen molar-refractivity contribution < 1.29 is 14.4 Å². The summed E-state index contributed by atoms with van der Waals surface area (Å²) in [5, 5.41) is 6.59. The number of aromatic nitrogens is 2. The summed E-state index contributed by atoms with van der Waals surface area (Å²) in [4.78, 5) is 45.2. The first kappa shape index (κ1) is 21.6. The van der Waals surface area contributed by atoms with E-state index < -0.39 is 6.04 Å². The lowest BCUT2D eigenvalue weighted by Gasteiger charge is -2.18. The van der Waals surface area contributed by atoms with Gasteiger partial charge in [-0.1, -0.05) is 31.0 Å². The summed E-state index contributed by atoms with van der Waals surface area (Å²) in [5.41, 5.74) is 3.00. The maximum Gasteiger partial charge on any atom is 0.263 e. The predicted octanol–water partition coefficient (Wildman–Crippen LogP) is 3.97. The average Bonchev–Trinajstić information content (AvgIpc) is 3.27. The Morgan fingerprint density at radius 3 is 2.70 bits per heavy atom. The molecule has 2 aromatic heterocycles. The number of ketones is 1. The second-order valence-corrected chi connectivity index (χ2v) is 7.99. The number of nitrogens with zero attached hydrogens (tertiary/aromatic N) is 2. The molecule has 3 aromatic rings. The molecule has 0 aliphatic heterocycles. The van der Waals surface area contributed by atoms with Crippen LogP contribution in [0.15, 0.2) is 48.2 Å². The fourth-order valence-electron chi connectivity index (χ4n) is 3.09. The van der Waals surface area contributed by atoms with Crippen LogP contribution < -0.4 is 10.6 Å². The minimum absolute atomic E-state index is 0.159. The number of carbonyl (C=O) groups is 3. The number of rotatable bonds is 10. The number of anilines is 1. The van der Waals surface area contributed by atoms with E-state index in [2.05, 4.69) is 20.6 Å². The molecule has 3 rings (SSSR count). The molecule has 0 radical (unpaired) electrons. The molecule has 2 N–H and O–H groups in total. The highest BCUT2D eigenvalue weighted by Gasteiger charge is 2.22. The number of nitrogens with one attached hydrogen (secondary N) is 2. The minimum atomic E-state index is -0.691. The molecular formula is C22H24N4O3S. The van der Waals surface area contributed by atoms with E-state index in [4.69, 9.17) is 0 Å². The van der Waals surface area contributed by atoms with Crippen molar-refractivity contribution in [2.45, 2.75) is 45.1 Å². The van der Waals surface area contributed by atoms with Gasteiger partial charge in [0.25, 0.3) is 5.91 Å². The number of hydrogen-bond donors (Lipinski definition) is 2. The topological polar surface area (TPSA) is 101 Å². The van der Waals surface area contributed by atoms with E-state index in [9.17, 15) is 14.4 Å². The van der Waals surface area contributed by atoms with Gasteiger partial charge in [0, 0.05) is 11.8 Å². The first-order valence-electron chi connectivity index (χ1n) is 9.87. The number of benzene rings is 1. The summed E-state index contributed by atoms with van der Waals surface area (Å²) in [5.74, 6) is -0.457. The molecule has 0 saturated carbocycles. The Bertz CT molecular complexity index is 1020. The Labute approximate surface area is 178 Å². The minimum Gasteiger partial charge on any atom is -0.339 e. The summed E-state index contributed by atoms with van der Waals surface area (Å²) in [6, 6.07) is 8.81. The van der Waals surface area contributed by atoms with Crippen LogP contribution in [0.3, 0.4) is 0 Å². The highest BCUT2D eigenvalue weighted by Crippen LogP contribution is 2.17. The smallest absolute Gasteiger partial charge is 0.263 e. The zero-order chi connectivity index (χ0) is 21.3. The second kappa shape index (κ2) is 10.6. The van der Waals surface area contributed by atoms with Gasteiger partial charge in [0.05, 0.1) is 29.1 Å². The number of fused-ring (bicyclic) bond motifs is 1. The molecule has 0 bridgehead atoms. The van der Waals surface area contributed by atoms with Crippen molar-refractivity contribution in [1.29, 1.82) is 0 Å². The van der Waals surface area contributed by atoms with Gasteiger partial charge in [-0.2, -0.15) is 0 Å². The lowest BCUT2D eigenvalue weighted by Crippen LogP contribution is -2.43. The molecular weight excluding hydrogens is 400 g/mol. The van der Waals surface area contributed by atoms with Crippen molar-refractivity contribution in [3.63, 3.8) is 0 Å². The van der Waals surface area contributed by atoms with E-state index in [0.717, 1.165) is 30.2 Å². The third-order valence-corrected chi connectivity index (χ3v) is 5.43. The van der Waals surface area contributed by atoms with E-state index in [1.807, 2.05) is 30.3 Å². The summed E-state index contributed by atoms with van der Waals surface area (Å²) in [6.07, 6.45) is 6.43. The van der Waals surface area contributed by atoms with E-state index in [1.54, 1.807) is 18.6 Å². The van der Waals surface area contributed by atoms with E-state index in [0.29, 0.717) is 23.4 Å². The number of Topliss-reactive ketones (excluding diaryl/α,β-unsaturated/α-hetero) is 1. The number of hydrogen-bond acceptors (Lipinski definition) is 6. The van der Waals surface area contributed by atoms with Gasteiger partial charge < -0.3 is 15.4 Å². The van der Waals surface area contributed by atoms with Crippen LogP contribution in [-0.2, 0) is 9.59 Å². The van der Waals surface area contributed by atoms with Gasteiger partial charge in [-0.25, -0.2) is 0 Å². The van der Waals surface area contributed by atoms with Crippen LogP contribution in [0.5, 0.6) is 0 Å². The maximum absolute atomic E-state index is 12.9. The normalized spacial score (nSPS) is 11.8. The number of carbonyl (C=O) groups excluding carboxylic acids is 3. The van der Waals surface area contributed by atoms with Crippen molar-refractivity contribution in [1.82, 2.24) is 15.3 Å². The lowest BCUT2D eigenvalue weighted by atomic mass is 10.1. The molecule has 156 valence electrons. The molecule has 1 atom stereocenters. The molecule has 2 heterocycles.